The molecule has 0 aliphatic carbocycles. The van der Waals surface area contributed by atoms with Crippen molar-refractivity contribution in [2.75, 3.05) is 19.8 Å². The van der Waals surface area contributed by atoms with E-state index in [-0.39, 0.29) is 26.2 Å². The summed E-state index contributed by atoms with van der Waals surface area (Å²) >= 11 is 0. The summed E-state index contributed by atoms with van der Waals surface area (Å²) < 4.78 is 22.1. The standard InChI is InChI=1S/C42H85N2O7P/c1-3-5-7-9-11-13-14-15-16-17-18-19-20-21-22-23-24-26-28-30-32-34-41(46)40(38-51-52(48,49)50-36-35-43)44-42(47)37-39(45)33-31-29-27-25-12-10-8-6-4-2/h10,12,39-41,45-46H,3-9,11,13-38,43H2,1-2H3,(H,44,47)(H,48,49)/b12-10-. The molecule has 0 heterocycles. The fourth-order valence-corrected chi connectivity index (χ4v) is 7.33. The lowest BCUT2D eigenvalue weighted by Gasteiger charge is -2.25. The number of hydrogen-bond acceptors (Lipinski definition) is 7. The Morgan fingerprint density at radius 2 is 1.06 bits per heavy atom. The summed E-state index contributed by atoms with van der Waals surface area (Å²) in [4.78, 5) is 22.7. The lowest BCUT2D eigenvalue weighted by atomic mass is 10.0. The third-order valence-corrected chi connectivity index (χ3v) is 10.9. The Morgan fingerprint density at radius 1 is 0.635 bits per heavy atom. The zero-order valence-corrected chi connectivity index (χ0v) is 34.8. The van der Waals surface area contributed by atoms with Crippen LogP contribution in [0.15, 0.2) is 12.2 Å². The van der Waals surface area contributed by atoms with Gasteiger partial charge >= 0.3 is 7.82 Å². The van der Waals surface area contributed by atoms with Gasteiger partial charge in [0.1, 0.15) is 0 Å². The average molecular weight is 761 g/mol. The maximum Gasteiger partial charge on any atom is 0.472 e. The number of carbonyl (C=O) groups excluding carboxylic acids is 1. The number of phosphoric acid groups is 1. The quantitative estimate of drug-likeness (QED) is 0.0235. The van der Waals surface area contributed by atoms with Gasteiger partial charge in [0, 0.05) is 6.54 Å². The zero-order valence-electron chi connectivity index (χ0n) is 33.9. The number of unbranched alkanes of at least 4 members (excludes halogenated alkanes) is 25. The van der Waals surface area contributed by atoms with E-state index in [1.54, 1.807) is 0 Å². The van der Waals surface area contributed by atoms with Crippen LogP contribution < -0.4 is 11.1 Å². The first kappa shape index (κ1) is 51.2. The third-order valence-electron chi connectivity index (χ3n) is 9.92. The largest absolute Gasteiger partial charge is 0.472 e. The summed E-state index contributed by atoms with van der Waals surface area (Å²) in [6.45, 7) is 4.00. The Hall–Kier alpha value is -0.800. The molecule has 0 aromatic carbocycles. The topological polar surface area (TPSA) is 151 Å². The molecule has 0 radical (unpaired) electrons. The van der Waals surface area contributed by atoms with Crippen molar-refractivity contribution in [2.24, 2.45) is 5.73 Å². The molecule has 0 bridgehead atoms. The van der Waals surface area contributed by atoms with Crippen LogP contribution in [0.25, 0.3) is 0 Å². The maximum absolute atomic E-state index is 12.8. The molecule has 1 amide bonds. The SMILES string of the molecule is CCCC/C=C\CCCCCC(O)CC(=O)NC(COP(=O)(O)OCCN)C(O)CCCCCCCCCCCCCCCCCCCCCCC. The van der Waals surface area contributed by atoms with Crippen LogP contribution in [0.4, 0.5) is 0 Å². The van der Waals surface area contributed by atoms with Crippen molar-refractivity contribution >= 4 is 13.7 Å². The molecule has 0 saturated heterocycles. The molecular weight excluding hydrogens is 675 g/mol. The molecule has 9 nitrogen and oxygen atoms in total. The Balaban J connectivity index is 4.17. The van der Waals surface area contributed by atoms with Crippen LogP contribution in [-0.2, 0) is 18.4 Å². The van der Waals surface area contributed by atoms with Crippen molar-refractivity contribution in [3.8, 4) is 0 Å². The number of nitrogens with two attached hydrogens (primary N) is 1. The molecule has 310 valence electrons. The fourth-order valence-electron chi connectivity index (χ4n) is 6.57. The second-order valence-corrected chi connectivity index (χ2v) is 16.6. The van der Waals surface area contributed by atoms with Gasteiger partial charge in [0.15, 0.2) is 0 Å². The van der Waals surface area contributed by atoms with E-state index < -0.39 is 32.0 Å². The highest BCUT2D eigenvalue weighted by atomic mass is 31.2. The Labute approximate surface area is 320 Å². The number of carbonyl (C=O) groups is 1. The lowest BCUT2D eigenvalue weighted by Crippen LogP contribution is -2.47. The Kier molecular flexibility index (Phi) is 37.9. The molecule has 0 saturated carbocycles. The van der Waals surface area contributed by atoms with Crippen LogP contribution in [-0.4, -0.2) is 59.0 Å². The van der Waals surface area contributed by atoms with E-state index in [0.717, 1.165) is 51.4 Å². The fraction of sp³-hybridized carbons (Fsp3) is 0.929. The van der Waals surface area contributed by atoms with E-state index in [1.165, 1.54) is 128 Å². The van der Waals surface area contributed by atoms with Gasteiger partial charge in [-0.3, -0.25) is 13.8 Å². The summed E-state index contributed by atoms with van der Waals surface area (Å²) in [6, 6.07) is -0.897. The minimum absolute atomic E-state index is 0.0592. The number of phosphoric ester groups is 1. The van der Waals surface area contributed by atoms with Gasteiger partial charge < -0.3 is 26.2 Å². The summed E-state index contributed by atoms with van der Waals surface area (Å²) in [5.74, 6) is -0.423. The number of aliphatic hydroxyl groups is 2. The van der Waals surface area contributed by atoms with Crippen molar-refractivity contribution in [1.29, 1.82) is 0 Å². The number of amides is 1. The molecule has 10 heteroatoms. The highest BCUT2D eigenvalue weighted by Crippen LogP contribution is 2.43. The number of rotatable bonds is 41. The molecule has 4 atom stereocenters. The minimum atomic E-state index is -4.37. The molecule has 4 unspecified atom stereocenters. The molecule has 0 rings (SSSR count). The van der Waals surface area contributed by atoms with Gasteiger partial charge in [-0.05, 0) is 32.1 Å². The van der Waals surface area contributed by atoms with Crippen molar-refractivity contribution < 1.29 is 33.5 Å². The van der Waals surface area contributed by atoms with E-state index in [4.69, 9.17) is 14.8 Å². The van der Waals surface area contributed by atoms with Crippen LogP contribution in [0.3, 0.4) is 0 Å². The van der Waals surface area contributed by atoms with Crippen LogP contribution in [0, 0.1) is 0 Å². The van der Waals surface area contributed by atoms with Gasteiger partial charge in [0.05, 0.1) is 37.9 Å². The smallest absolute Gasteiger partial charge is 0.393 e. The molecule has 52 heavy (non-hydrogen) atoms. The van der Waals surface area contributed by atoms with Gasteiger partial charge in [-0.25, -0.2) is 4.57 Å². The zero-order chi connectivity index (χ0) is 38.4. The second kappa shape index (κ2) is 38.5. The predicted molar refractivity (Wildman–Crippen MR) is 218 cm³/mol. The van der Waals surface area contributed by atoms with Crippen LogP contribution in [0.5, 0.6) is 0 Å². The van der Waals surface area contributed by atoms with E-state index in [9.17, 15) is 24.5 Å². The van der Waals surface area contributed by atoms with E-state index in [1.807, 2.05) is 0 Å². The number of nitrogens with one attached hydrogen (secondary N) is 1. The van der Waals surface area contributed by atoms with Crippen molar-refractivity contribution in [3.05, 3.63) is 12.2 Å². The normalized spacial score (nSPS) is 14.8. The molecule has 0 aromatic heterocycles. The Bertz CT molecular complexity index is 847. The molecule has 0 fully saturated rings. The molecule has 6 N–H and O–H groups in total. The van der Waals surface area contributed by atoms with Gasteiger partial charge in [0.25, 0.3) is 0 Å². The van der Waals surface area contributed by atoms with Crippen molar-refractivity contribution in [3.63, 3.8) is 0 Å². The number of aliphatic hydroxyl groups excluding tert-OH is 2. The maximum atomic E-state index is 12.8. The van der Waals surface area contributed by atoms with Crippen LogP contribution in [0.2, 0.25) is 0 Å². The van der Waals surface area contributed by atoms with Gasteiger partial charge in [-0.1, -0.05) is 187 Å². The average Bonchev–Trinajstić information content (AvgIpc) is 3.12. The summed E-state index contributed by atoms with van der Waals surface area (Å²) in [6.07, 6.45) is 38.4. The van der Waals surface area contributed by atoms with E-state index >= 15 is 0 Å². The highest BCUT2D eigenvalue weighted by molar-refractivity contribution is 7.47. The molecular formula is C42H85N2O7P. The van der Waals surface area contributed by atoms with Crippen molar-refractivity contribution in [2.45, 2.75) is 231 Å². The van der Waals surface area contributed by atoms with E-state index in [2.05, 4.69) is 31.3 Å². The highest BCUT2D eigenvalue weighted by Gasteiger charge is 2.28. The van der Waals surface area contributed by atoms with Gasteiger partial charge in [-0.2, -0.15) is 0 Å². The number of hydrogen-bond donors (Lipinski definition) is 5. The first-order chi connectivity index (χ1) is 25.3. The van der Waals surface area contributed by atoms with E-state index in [0.29, 0.717) is 12.8 Å². The molecule has 0 aliphatic rings. The van der Waals surface area contributed by atoms with Gasteiger partial charge in [0.2, 0.25) is 5.91 Å². The van der Waals surface area contributed by atoms with Crippen LogP contribution in [0.1, 0.15) is 213 Å². The molecule has 0 aromatic rings. The van der Waals surface area contributed by atoms with Crippen LogP contribution >= 0.6 is 7.82 Å². The summed E-state index contributed by atoms with van der Waals surface area (Å²) in [5.41, 5.74) is 5.36. The summed E-state index contributed by atoms with van der Waals surface area (Å²) in [5, 5.41) is 24.1. The predicted octanol–water partition coefficient (Wildman–Crippen LogP) is 11.0. The monoisotopic (exact) mass is 761 g/mol. The first-order valence-corrected chi connectivity index (χ1v) is 23.4. The minimum Gasteiger partial charge on any atom is -0.393 e. The molecule has 0 aliphatic heterocycles. The lowest BCUT2D eigenvalue weighted by molar-refractivity contribution is -0.125. The number of allylic oxidation sites excluding steroid dienone is 2. The third kappa shape index (κ3) is 36.2. The first-order valence-electron chi connectivity index (χ1n) is 21.9. The Morgan fingerprint density at radius 3 is 1.54 bits per heavy atom. The second-order valence-electron chi connectivity index (χ2n) is 15.1. The molecule has 0 spiro atoms. The summed E-state index contributed by atoms with van der Waals surface area (Å²) in [7, 11) is -4.37. The van der Waals surface area contributed by atoms with Gasteiger partial charge in [-0.15, -0.1) is 0 Å². The van der Waals surface area contributed by atoms with Crippen molar-refractivity contribution in [1.82, 2.24) is 5.32 Å².